The highest BCUT2D eigenvalue weighted by Gasteiger charge is 2.30. The molecule has 0 atom stereocenters. The van der Waals surface area contributed by atoms with Crippen molar-refractivity contribution in [3.63, 3.8) is 0 Å². The highest BCUT2D eigenvalue weighted by molar-refractivity contribution is 5.88. The van der Waals surface area contributed by atoms with Crippen molar-refractivity contribution >= 4 is 5.97 Å². The van der Waals surface area contributed by atoms with E-state index in [4.69, 9.17) is 9.84 Å². The summed E-state index contributed by atoms with van der Waals surface area (Å²) in [6.45, 7) is 1.46. The molecule has 0 amide bonds. The zero-order valence-corrected chi connectivity index (χ0v) is 10.7. The lowest BCUT2D eigenvalue weighted by molar-refractivity contribution is -0.137. The Labute approximate surface area is 117 Å². The molecule has 0 saturated carbocycles. The molecule has 0 saturated heterocycles. The van der Waals surface area contributed by atoms with Crippen LogP contribution < -0.4 is 4.74 Å². The summed E-state index contributed by atoms with van der Waals surface area (Å²) in [6.07, 6.45) is -3.35. The van der Waals surface area contributed by atoms with Gasteiger partial charge in [0.2, 0.25) is 0 Å². The fourth-order valence-electron chi connectivity index (χ4n) is 1.52. The first-order valence-electron chi connectivity index (χ1n) is 5.69. The molecule has 2 rings (SSSR count). The number of aromatic nitrogens is 2. The topological polar surface area (TPSA) is 72.3 Å². The summed E-state index contributed by atoms with van der Waals surface area (Å²) in [5, 5.41) is 8.83. The number of nitrogens with zero attached hydrogens (tertiary/aromatic N) is 2. The molecule has 2 aromatic rings. The summed E-state index contributed by atoms with van der Waals surface area (Å²) in [5.41, 5.74) is -0.678. The van der Waals surface area contributed by atoms with Gasteiger partial charge in [0.15, 0.2) is 0 Å². The summed E-state index contributed by atoms with van der Waals surface area (Å²) in [5.74, 6) is -1.06. The number of aryl methyl sites for hydroxylation is 1. The largest absolute Gasteiger partial charge is 0.478 e. The lowest BCUT2D eigenvalue weighted by Gasteiger charge is -2.08. The van der Waals surface area contributed by atoms with E-state index in [1.54, 1.807) is 0 Å². The van der Waals surface area contributed by atoms with Crippen molar-refractivity contribution in [3.05, 3.63) is 47.3 Å². The van der Waals surface area contributed by atoms with Crippen LogP contribution in [-0.2, 0) is 6.18 Å². The third-order valence-corrected chi connectivity index (χ3v) is 2.58. The second kappa shape index (κ2) is 5.39. The van der Waals surface area contributed by atoms with E-state index < -0.39 is 17.7 Å². The molecular weight excluding hydrogens is 289 g/mol. The molecule has 110 valence electrons. The van der Waals surface area contributed by atoms with Crippen molar-refractivity contribution in [2.75, 3.05) is 0 Å². The van der Waals surface area contributed by atoms with E-state index >= 15 is 0 Å². The summed E-state index contributed by atoms with van der Waals surface area (Å²) in [4.78, 5) is 18.3. The van der Waals surface area contributed by atoms with Gasteiger partial charge in [0, 0.05) is 6.20 Å². The molecule has 1 aromatic carbocycles. The molecule has 5 nitrogen and oxygen atoms in total. The van der Waals surface area contributed by atoms with Crippen LogP contribution in [-0.4, -0.2) is 21.0 Å². The lowest BCUT2D eigenvalue weighted by Crippen LogP contribution is -2.05. The van der Waals surface area contributed by atoms with E-state index in [-0.39, 0.29) is 23.0 Å². The predicted octanol–water partition coefficient (Wildman–Crippen LogP) is 3.29. The predicted molar refractivity (Wildman–Crippen MR) is 65.2 cm³/mol. The van der Waals surface area contributed by atoms with E-state index in [2.05, 4.69) is 9.97 Å². The Bertz CT molecular complexity index is 669. The van der Waals surface area contributed by atoms with Crippen molar-refractivity contribution in [3.8, 4) is 11.8 Å². The Morgan fingerprint density at radius 3 is 2.33 bits per heavy atom. The fourth-order valence-corrected chi connectivity index (χ4v) is 1.52. The van der Waals surface area contributed by atoms with E-state index in [0.29, 0.717) is 0 Å². The number of ether oxygens (including phenoxy) is 1. The van der Waals surface area contributed by atoms with Gasteiger partial charge in [-0.3, -0.25) is 0 Å². The summed E-state index contributed by atoms with van der Waals surface area (Å²) >= 11 is 0. The number of benzene rings is 1. The molecule has 0 aliphatic rings. The highest BCUT2D eigenvalue weighted by Crippen LogP contribution is 2.30. The zero-order chi connectivity index (χ0) is 15.6. The summed E-state index contributed by atoms with van der Waals surface area (Å²) in [7, 11) is 0. The second-order valence-corrected chi connectivity index (χ2v) is 4.08. The SMILES string of the molecule is Cc1nc(Oc2ccc(C(F)(F)F)cc2)ncc1C(=O)O. The minimum atomic E-state index is -4.42. The quantitative estimate of drug-likeness (QED) is 0.941. The number of aromatic carboxylic acids is 1. The molecule has 0 unspecified atom stereocenters. The molecule has 8 heteroatoms. The number of hydrogen-bond acceptors (Lipinski definition) is 4. The summed E-state index contributed by atoms with van der Waals surface area (Å²) in [6, 6.07) is 3.86. The van der Waals surface area contributed by atoms with Crippen molar-refractivity contribution in [1.29, 1.82) is 0 Å². The van der Waals surface area contributed by atoms with Gasteiger partial charge < -0.3 is 9.84 Å². The smallest absolute Gasteiger partial charge is 0.416 e. The molecular formula is C13H9F3N2O3. The highest BCUT2D eigenvalue weighted by atomic mass is 19.4. The Morgan fingerprint density at radius 1 is 1.24 bits per heavy atom. The fraction of sp³-hybridized carbons (Fsp3) is 0.154. The van der Waals surface area contributed by atoms with E-state index in [9.17, 15) is 18.0 Å². The molecule has 0 spiro atoms. The monoisotopic (exact) mass is 298 g/mol. The Hall–Kier alpha value is -2.64. The van der Waals surface area contributed by atoms with Crippen LogP contribution in [0.4, 0.5) is 13.2 Å². The van der Waals surface area contributed by atoms with Crippen LogP contribution in [0.5, 0.6) is 11.8 Å². The molecule has 0 aliphatic carbocycles. The molecule has 0 fully saturated rings. The number of carboxylic acid groups (broad SMARTS) is 1. The molecule has 1 aromatic heterocycles. The van der Waals surface area contributed by atoms with Crippen LogP contribution in [0.25, 0.3) is 0 Å². The van der Waals surface area contributed by atoms with Gasteiger partial charge in [0.25, 0.3) is 0 Å². The van der Waals surface area contributed by atoms with Gasteiger partial charge in [-0.1, -0.05) is 0 Å². The minimum absolute atomic E-state index is 0.0743. The average molecular weight is 298 g/mol. The molecule has 0 aliphatic heterocycles. The Balaban J connectivity index is 2.19. The van der Waals surface area contributed by atoms with E-state index in [0.717, 1.165) is 30.5 Å². The van der Waals surface area contributed by atoms with Gasteiger partial charge in [-0.25, -0.2) is 9.78 Å². The van der Waals surface area contributed by atoms with E-state index in [1.807, 2.05) is 0 Å². The van der Waals surface area contributed by atoms with Crippen molar-refractivity contribution < 1.29 is 27.8 Å². The third kappa shape index (κ3) is 3.47. The standard InChI is InChI=1S/C13H9F3N2O3/c1-7-10(11(19)20)6-17-12(18-7)21-9-4-2-8(3-5-9)13(14,15)16/h2-6H,1H3,(H,19,20). The van der Waals surface area contributed by atoms with Crippen molar-refractivity contribution in [2.45, 2.75) is 13.1 Å². The number of carbonyl (C=O) groups is 1. The molecule has 1 N–H and O–H groups in total. The van der Waals surface area contributed by atoms with Gasteiger partial charge in [0.1, 0.15) is 5.75 Å². The van der Waals surface area contributed by atoms with Crippen molar-refractivity contribution in [2.24, 2.45) is 0 Å². The Morgan fingerprint density at radius 2 is 1.86 bits per heavy atom. The van der Waals surface area contributed by atoms with Crippen molar-refractivity contribution in [1.82, 2.24) is 9.97 Å². The first kappa shape index (κ1) is 14.8. The number of alkyl halides is 3. The van der Waals surface area contributed by atoms with Gasteiger partial charge >= 0.3 is 18.2 Å². The maximum absolute atomic E-state index is 12.4. The number of rotatable bonds is 3. The molecule has 0 bridgehead atoms. The first-order chi connectivity index (χ1) is 9.77. The van der Waals surface area contributed by atoms with Crippen LogP contribution in [0.1, 0.15) is 21.6 Å². The zero-order valence-electron chi connectivity index (χ0n) is 10.7. The molecule has 0 radical (unpaired) electrons. The number of halogens is 3. The van der Waals surface area contributed by atoms with Crippen LogP contribution in [0.2, 0.25) is 0 Å². The van der Waals surface area contributed by atoms with Gasteiger partial charge in [-0.2, -0.15) is 18.2 Å². The van der Waals surface area contributed by atoms with Crippen LogP contribution in [0.15, 0.2) is 30.5 Å². The van der Waals surface area contributed by atoms with E-state index in [1.165, 1.54) is 6.92 Å². The number of carboxylic acids is 1. The second-order valence-electron chi connectivity index (χ2n) is 4.08. The van der Waals surface area contributed by atoms with Gasteiger partial charge in [-0.15, -0.1) is 0 Å². The molecule has 21 heavy (non-hydrogen) atoms. The normalized spacial score (nSPS) is 11.2. The Kier molecular flexibility index (Phi) is 3.79. The lowest BCUT2D eigenvalue weighted by atomic mass is 10.2. The van der Waals surface area contributed by atoms with Gasteiger partial charge in [-0.05, 0) is 31.2 Å². The molecule has 1 heterocycles. The third-order valence-electron chi connectivity index (χ3n) is 2.58. The van der Waals surface area contributed by atoms with Crippen LogP contribution in [0.3, 0.4) is 0 Å². The van der Waals surface area contributed by atoms with Gasteiger partial charge in [0.05, 0.1) is 16.8 Å². The summed E-state index contributed by atoms with van der Waals surface area (Å²) < 4.78 is 42.4. The average Bonchev–Trinajstić information content (AvgIpc) is 2.38. The maximum atomic E-state index is 12.4. The first-order valence-corrected chi connectivity index (χ1v) is 5.69. The van der Waals surface area contributed by atoms with Crippen LogP contribution in [0, 0.1) is 6.92 Å². The maximum Gasteiger partial charge on any atom is 0.416 e. The number of hydrogen-bond donors (Lipinski definition) is 1. The van der Waals surface area contributed by atoms with Crippen LogP contribution >= 0.6 is 0 Å². The minimum Gasteiger partial charge on any atom is -0.478 e.